The Balaban J connectivity index is 1.66. The summed E-state index contributed by atoms with van der Waals surface area (Å²) in [6.07, 6.45) is 1.83. The Bertz CT molecular complexity index is 1240. The molecular formula is C29H30NO4+. The number of hydroxylamine groups is 1. The third-order valence-corrected chi connectivity index (χ3v) is 5.87. The van der Waals surface area contributed by atoms with Gasteiger partial charge in [0, 0.05) is 5.57 Å². The molecule has 0 spiro atoms. The Morgan fingerprint density at radius 3 is 2.38 bits per heavy atom. The first kappa shape index (κ1) is 23.3. The van der Waals surface area contributed by atoms with Crippen LogP contribution in [0.4, 0.5) is 0 Å². The van der Waals surface area contributed by atoms with Crippen molar-refractivity contribution in [1.29, 1.82) is 0 Å². The van der Waals surface area contributed by atoms with Crippen molar-refractivity contribution < 1.29 is 24.2 Å². The van der Waals surface area contributed by atoms with Crippen LogP contribution in [0.15, 0.2) is 78.4 Å². The quantitative estimate of drug-likeness (QED) is 0.166. The zero-order chi connectivity index (χ0) is 24.1. The smallest absolute Gasteiger partial charge is 0.345 e. The highest BCUT2D eigenvalue weighted by atomic mass is 16.5. The molecule has 5 heteroatoms. The number of benzene rings is 3. The van der Waals surface area contributed by atoms with Gasteiger partial charge < -0.3 is 9.47 Å². The molecule has 0 saturated carbocycles. The van der Waals surface area contributed by atoms with Crippen LogP contribution in [0.3, 0.4) is 0 Å². The summed E-state index contributed by atoms with van der Waals surface area (Å²) in [7, 11) is 1.52. The van der Waals surface area contributed by atoms with E-state index in [1.165, 1.54) is 12.6 Å². The Labute approximate surface area is 200 Å². The van der Waals surface area contributed by atoms with E-state index in [9.17, 15) is 10.0 Å². The van der Waals surface area contributed by atoms with Gasteiger partial charge in [-0.25, -0.2) is 4.79 Å². The average molecular weight is 457 g/mol. The van der Waals surface area contributed by atoms with Crippen LogP contribution in [-0.4, -0.2) is 41.9 Å². The molecule has 174 valence electrons. The third kappa shape index (κ3) is 4.88. The zero-order valence-electron chi connectivity index (χ0n) is 19.9. The molecule has 3 aromatic carbocycles. The number of rotatable bonds is 8. The van der Waals surface area contributed by atoms with Crippen LogP contribution in [0.25, 0.3) is 5.57 Å². The normalized spacial score (nSPS) is 14.1. The molecule has 34 heavy (non-hydrogen) atoms. The first-order chi connectivity index (χ1) is 16.5. The van der Waals surface area contributed by atoms with E-state index in [2.05, 4.69) is 12.1 Å². The summed E-state index contributed by atoms with van der Waals surface area (Å²) in [5, 5.41) is 10.5. The molecule has 0 saturated heterocycles. The second-order valence-corrected chi connectivity index (χ2v) is 8.35. The fraction of sp³-hybridized carbons (Fsp3) is 0.241. The summed E-state index contributed by atoms with van der Waals surface area (Å²) in [5.74, 6) is 0.232. The number of esters is 1. The van der Waals surface area contributed by atoms with E-state index in [0.29, 0.717) is 23.6 Å². The summed E-state index contributed by atoms with van der Waals surface area (Å²) in [4.78, 5) is 13.0. The van der Waals surface area contributed by atoms with Crippen LogP contribution in [0.2, 0.25) is 0 Å². The lowest BCUT2D eigenvalue weighted by atomic mass is 9.96. The van der Waals surface area contributed by atoms with Crippen molar-refractivity contribution in [3.8, 4) is 5.75 Å². The highest BCUT2D eigenvalue weighted by molar-refractivity contribution is 6.35. The number of ether oxygens (including phenoxy) is 2. The Hall–Kier alpha value is -3.86. The first-order valence-electron chi connectivity index (χ1n) is 11.6. The molecule has 0 atom stereocenters. The zero-order valence-corrected chi connectivity index (χ0v) is 19.9. The van der Waals surface area contributed by atoms with Crippen LogP contribution in [0.5, 0.6) is 5.75 Å². The number of carbonyl (C=O) groups is 1. The summed E-state index contributed by atoms with van der Waals surface area (Å²) in [5.41, 5.74) is 6.42. The lowest BCUT2D eigenvalue weighted by Gasteiger charge is -2.10. The number of nitrogens with zero attached hydrogens (tertiary/aromatic N) is 1. The Morgan fingerprint density at radius 2 is 1.71 bits per heavy atom. The van der Waals surface area contributed by atoms with Crippen molar-refractivity contribution >= 4 is 17.3 Å². The van der Waals surface area contributed by atoms with Gasteiger partial charge in [-0.15, -0.1) is 0 Å². The van der Waals surface area contributed by atoms with E-state index in [-0.39, 0.29) is 6.61 Å². The van der Waals surface area contributed by atoms with Crippen LogP contribution in [0, 0.1) is 6.92 Å². The van der Waals surface area contributed by atoms with Gasteiger partial charge in [0.1, 0.15) is 11.3 Å². The number of hydrogen-bond acceptors (Lipinski definition) is 4. The fourth-order valence-electron chi connectivity index (χ4n) is 4.28. The second-order valence-electron chi connectivity index (χ2n) is 8.35. The monoisotopic (exact) mass is 456 g/mol. The SMILES string of the molecule is CCOC(=O)C1=C(c2ccc(C)cc2)c2ccc(OCCCc3ccccc3)cc2C1=[N+](C)O. The maximum Gasteiger partial charge on any atom is 0.345 e. The van der Waals surface area contributed by atoms with Crippen molar-refractivity contribution in [2.45, 2.75) is 26.7 Å². The van der Waals surface area contributed by atoms with Gasteiger partial charge in [-0.2, -0.15) is 0 Å². The predicted octanol–water partition coefficient (Wildman–Crippen LogP) is 5.21. The van der Waals surface area contributed by atoms with E-state index in [1.807, 2.05) is 67.6 Å². The number of hydrogen-bond donors (Lipinski definition) is 1. The topological polar surface area (TPSA) is 58.8 Å². The summed E-state index contributed by atoms with van der Waals surface area (Å²) in [6, 6.07) is 24.1. The Kier molecular flexibility index (Phi) is 7.12. The molecule has 0 radical (unpaired) electrons. The number of fused-ring (bicyclic) bond motifs is 1. The molecule has 1 aliphatic rings. The molecule has 1 aliphatic carbocycles. The molecule has 0 fully saturated rings. The van der Waals surface area contributed by atoms with Crippen LogP contribution >= 0.6 is 0 Å². The largest absolute Gasteiger partial charge is 0.494 e. The minimum Gasteiger partial charge on any atom is -0.494 e. The van der Waals surface area contributed by atoms with Gasteiger partial charge >= 0.3 is 5.97 Å². The van der Waals surface area contributed by atoms with Crippen molar-refractivity contribution in [2.75, 3.05) is 20.3 Å². The number of carbonyl (C=O) groups excluding carboxylic acids is 1. The molecule has 0 amide bonds. The molecule has 4 rings (SSSR count). The molecule has 3 aromatic rings. The summed E-state index contributed by atoms with van der Waals surface area (Å²) >= 11 is 0. The molecule has 1 N–H and O–H groups in total. The number of aryl methyl sites for hydroxylation is 2. The van der Waals surface area contributed by atoms with Gasteiger partial charge in [0.05, 0.1) is 18.8 Å². The van der Waals surface area contributed by atoms with Gasteiger partial charge in [0.2, 0.25) is 0 Å². The highest BCUT2D eigenvalue weighted by Gasteiger charge is 2.40. The molecule has 0 aromatic heterocycles. The van der Waals surface area contributed by atoms with Crippen molar-refractivity contribution in [1.82, 2.24) is 0 Å². The van der Waals surface area contributed by atoms with Crippen LogP contribution < -0.4 is 4.74 Å². The van der Waals surface area contributed by atoms with E-state index in [0.717, 1.165) is 45.4 Å². The standard InChI is InChI=1S/C29H30NO4/c1-4-33-29(31)27-26(22-14-12-20(2)13-15-22)24-17-16-23(19-25(24)28(27)30(3)32)34-18-8-11-21-9-6-5-7-10-21/h5-7,9-10,12-17,19,32H,4,8,11,18H2,1-3H3/q+1. The predicted molar refractivity (Wildman–Crippen MR) is 133 cm³/mol. The van der Waals surface area contributed by atoms with Gasteiger partial charge in [0.15, 0.2) is 7.05 Å². The van der Waals surface area contributed by atoms with E-state index < -0.39 is 5.97 Å². The van der Waals surface area contributed by atoms with Gasteiger partial charge in [-0.05, 0) is 66.3 Å². The minimum atomic E-state index is -0.462. The maximum atomic E-state index is 13.0. The van der Waals surface area contributed by atoms with Crippen molar-refractivity contribution in [2.24, 2.45) is 0 Å². The minimum absolute atomic E-state index is 0.248. The molecular weight excluding hydrogens is 426 g/mol. The van der Waals surface area contributed by atoms with E-state index >= 15 is 0 Å². The molecule has 0 heterocycles. The highest BCUT2D eigenvalue weighted by Crippen LogP contribution is 2.40. The summed E-state index contributed by atoms with van der Waals surface area (Å²) < 4.78 is 12.4. The second kappa shape index (κ2) is 10.4. The van der Waals surface area contributed by atoms with Crippen molar-refractivity contribution in [3.63, 3.8) is 0 Å². The molecule has 5 nitrogen and oxygen atoms in total. The average Bonchev–Trinajstić information content (AvgIpc) is 3.18. The molecule has 0 bridgehead atoms. The Morgan fingerprint density at radius 1 is 0.971 bits per heavy atom. The van der Waals surface area contributed by atoms with Crippen LogP contribution in [0.1, 0.15) is 41.2 Å². The molecule has 0 unspecified atom stereocenters. The lowest BCUT2D eigenvalue weighted by molar-refractivity contribution is -0.753. The third-order valence-electron chi connectivity index (χ3n) is 5.87. The van der Waals surface area contributed by atoms with Crippen LogP contribution in [-0.2, 0) is 16.0 Å². The first-order valence-corrected chi connectivity index (χ1v) is 11.6. The maximum absolute atomic E-state index is 13.0. The van der Waals surface area contributed by atoms with Gasteiger partial charge in [-0.3, -0.25) is 5.21 Å². The fourth-order valence-corrected chi connectivity index (χ4v) is 4.28. The van der Waals surface area contributed by atoms with E-state index in [4.69, 9.17) is 9.47 Å². The molecule has 0 aliphatic heterocycles. The van der Waals surface area contributed by atoms with Gasteiger partial charge in [-0.1, -0.05) is 60.2 Å². The van der Waals surface area contributed by atoms with Gasteiger partial charge in [0.25, 0.3) is 5.71 Å². The van der Waals surface area contributed by atoms with Crippen molar-refractivity contribution in [3.05, 3.63) is 106 Å². The van der Waals surface area contributed by atoms with E-state index in [1.54, 1.807) is 6.92 Å². The lowest BCUT2D eigenvalue weighted by Crippen LogP contribution is -2.22. The summed E-state index contributed by atoms with van der Waals surface area (Å²) in [6.45, 7) is 4.61.